The first kappa shape index (κ1) is 61.6. The number of allylic oxidation sites excluding steroid dienone is 7. The molecule has 0 aliphatic carbocycles. The molecule has 7 unspecified atom stereocenters. The lowest BCUT2D eigenvalue weighted by atomic mass is 9.99. The number of nitrogens with one attached hydrogen (secondary N) is 1. The summed E-state index contributed by atoms with van der Waals surface area (Å²) in [6.45, 7) is 4.21. The van der Waals surface area contributed by atoms with Crippen molar-refractivity contribution in [3.05, 3.63) is 48.6 Å². The third-order valence-corrected chi connectivity index (χ3v) is 12.4. The van der Waals surface area contributed by atoms with E-state index in [1.54, 1.807) is 6.08 Å². The average Bonchev–Trinajstić information content (AvgIpc) is 3.31. The molecule has 1 fully saturated rings. The predicted molar refractivity (Wildman–Crippen MR) is 269 cm³/mol. The van der Waals surface area contributed by atoms with Gasteiger partial charge in [-0.25, -0.2) is 0 Å². The molecule has 1 saturated heterocycles. The molecule has 1 heterocycles. The maximum Gasteiger partial charge on any atom is 0.305 e. The molecular formula is C55H99NO10. The molecule has 1 amide bonds. The zero-order chi connectivity index (χ0) is 48.1. The van der Waals surface area contributed by atoms with Crippen molar-refractivity contribution >= 4 is 11.9 Å². The first-order chi connectivity index (χ1) is 32.2. The molecule has 0 saturated carbocycles. The minimum Gasteiger partial charge on any atom is -0.466 e. The van der Waals surface area contributed by atoms with Crippen LogP contribution < -0.4 is 5.32 Å². The molecule has 0 radical (unpaired) electrons. The number of aliphatic hydroxyl groups excluding tert-OH is 5. The van der Waals surface area contributed by atoms with E-state index in [1.807, 2.05) is 6.08 Å². The van der Waals surface area contributed by atoms with Crippen LogP contribution in [0, 0.1) is 0 Å². The molecule has 0 bridgehead atoms. The summed E-state index contributed by atoms with van der Waals surface area (Å²) < 4.78 is 16.6. The third kappa shape index (κ3) is 34.8. The summed E-state index contributed by atoms with van der Waals surface area (Å²) in [6.07, 6.45) is 44.7. The van der Waals surface area contributed by atoms with E-state index in [0.29, 0.717) is 32.3 Å². The molecule has 1 aliphatic rings. The molecule has 0 aromatic heterocycles. The van der Waals surface area contributed by atoms with Crippen LogP contribution >= 0.6 is 0 Å². The number of esters is 1. The van der Waals surface area contributed by atoms with E-state index < -0.39 is 49.5 Å². The Morgan fingerprint density at radius 3 is 1.50 bits per heavy atom. The first-order valence-electron chi connectivity index (χ1n) is 26.9. The molecule has 1 rings (SSSR count). The molecule has 11 heteroatoms. The van der Waals surface area contributed by atoms with Crippen LogP contribution in [0.4, 0.5) is 0 Å². The second-order valence-electron chi connectivity index (χ2n) is 18.6. The van der Waals surface area contributed by atoms with Gasteiger partial charge in [0.05, 0.1) is 32.0 Å². The molecule has 0 aromatic carbocycles. The van der Waals surface area contributed by atoms with Crippen molar-refractivity contribution in [1.29, 1.82) is 0 Å². The largest absolute Gasteiger partial charge is 0.466 e. The van der Waals surface area contributed by atoms with Gasteiger partial charge in [-0.05, 0) is 89.9 Å². The van der Waals surface area contributed by atoms with Gasteiger partial charge in [-0.1, -0.05) is 172 Å². The first-order valence-corrected chi connectivity index (χ1v) is 26.9. The predicted octanol–water partition coefficient (Wildman–Crippen LogP) is 11.3. The zero-order valence-electron chi connectivity index (χ0n) is 41.9. The fourth-order valence-corrected chi connectivity index (χ4v) is 8.05. The van der Waals surface area contributed by atoms with Crippen LogP contribution in [-0.2, 0) is 23.8 Å². The van der Waals surface area contributed by atoms with Gasteiger partial charge in [-0.2, -0.15) is 0 Å². The average molecular weight is 934 g/mol. The fourth-order valence-electron chi connectivity index (χ4n) is 8.05. The summed E-state index contributed by atoms with van der Waals surface area (Å²) in [5, 5.41) is 54.3. The summed E-state index contributed by atoms with van der Waals surface area (Å²) >= 11 is 0. The Bertz CT molecular complexity index is 1240. The van der Waals surface area contributed by atoms with Gasteiger partial charge in [0.25, 0.3) is 0 Å². The molecule has 66 heavy (non-hydrogen) atoms. The Balaban J connectivity index is 2.26. The van der Waals surface area contributed by atoms with E-state index in [9.17, 15) is 35.1 Å². The van der Waals surface area contributed by atoms with E-state index >= 15 is 0 Å². The Kier molecular flexibility index (Phi) is 42.1. The molecule has 0 aromatic rings. The van der Waals surface area contributed by atoms with Crippen molar-refractivity contribution < 1.29 is 49.3 Å². The standard InChI is InChI=1S/C55H99NO10/c1-3-5-7-9-11-13-15-16-17-18-22-25-29-33-37-41-48(58)47(46-65-55-54(63)53(62)52(61)49(45-57)66-55)56-50(59)42-38-34-30-26-23-19-20-24-28-32-36-40-44-64-51(60)43-39-35-31-27-21-14-12-10-8-6-4-2/h15-16,20,22,24-25,37,41,47-49,52-55,57-58,61-63H,3-14,17-19,21,23,26-36,38-40,42-46H2,1-2H3,(H,56,59)/b16-15+,24-20-,25-22+,41-37+. The quantitative estimate of drug-likeness (QED) is 0.0196. The lowest BCUT2D eigenvalue weighted by Crippen LogP contribution is -2.60. The normalized spacial score (nSPS) is 20.0. The van der Waals surface area contributed by atoms with Crippen molar-refractivity contribution in [2.45, 2.75) is 269 Å². The summed E-state index contributed by atoms with van der Waals surface area (Å²) in [5.74, 6) is -0.273. The zero-order valence-corrected chi connectivity index (χ0v) is 41.9. The number of unbranched alkanes of at least 4 members (excludes halogenated alkanes) is 25. The van der Waals surface area contributed by atoms with Gasteiger partial charge in [-0.3, -0.25) is 9.59 Å². The van der Waals surface area contributed by atoms with Gasteiger partial charge in [0, 0.05) is 12.8 Å². The van der Waals surface area contributed by atoms with Gasteiger partial charge >= 0.3 is 5.97 Å². The molecule has 6 N–H and O–H groups in total. The van der Waals surface area contributed by atoms with Crippen LogP contribution in [0.25, 0.3) is 0 Å². The number of amides is 1. The van der Waals surface area contributed by atoms with Gasteiger partial charge in [0.1, 0.15) is 24.4 Å². The van der Waals surface area contributed by atoms with Gasteiger partial charge in [0.2, 0.25) is 5.91 Å². The highest BCUT2D eigenvalue weighted by molar-refractivity contribution is 5.76. The summed E-state index contributed by atoms with van der Waals surface area (Å²) in [6, 6.07) is -0.853. The smallest absolute Gasteiger partial charge is 0.305 e. The maximum atomic E-state index is 13.0. The monoisotopic (exact) mass is 934 g/mol. The van der Waals surface area contributed by atoms with Gasteiger partial charge in [0.15, 0.2) is 6.29 Å². The number of carbonyl (C=O) groups excluding carboxylic acids is 2. The highest BCUT2D eigenvalue weighted by Gasteiger charge is 2.44. The van der Waals surface area contributed by atoms with Crippen LogP contribution in [0.15, 0.2) is 48.6 Å². The van der Waals surface area contributed by atoms with Crippen molar-refractivity contribution in [1.82, 2.24) is 5.32 Å². The number of rotatable bonds is 45. The number of ether oxygens (including phenoxy) is 3. The Morgan fingerprint density at radius 2 is 0.985 bits per heavy atom. The van der Waals surface area contributed by atoms with Crippen molar-refractivity contribution in [2.24, 2.45) is 0 Å². The van der Waals surface area contributed by atoms with E-state index in [4.69, 9.17) is 14.2 Å². The number of carbonyl (C=O) groups is 2. The van der Waals surface area contributed by atoms with Crippen LogP contribution in [-0.4, -0.2) is 100 Å². The van der Waals surface area contributed by atoms with Crippen LogP contribution in [0.5, 0.6) is 0 Å². The Hall–Kier alpha value is -2.38. The second kappa shape index (κ2) is 45.1. The van der Waals surface area contributed by atoms with E-state index in [0.717, 1.165) is 96.3 Å². The molecule has 0 spiro atoms. The maximum absolute atomic E-state index is 13.0. The van der Waals surface area contributed by atoms with E-state index in [1.165, 1.54) is 89.9 Å². The van der Waals surface area contributed by atoms with Crippen molar-refractivity contribution in [3.63, 3.8) is 0 Å². The number of hydrogen-bond acceptors (Lipinski definition) is 10. The van der Waals surface area contributed by atoms with Crippen LogP contribution in [0.2, 0.25) is 0 Å². The minimum absolute atomic E-state index is 0.0497. The van der Waals surface area contributed by atoms with Crippen LogP contribution in [0.3, 0.4) is 0 Å². The third-order valence-electron chi connectivity index (χ3n) is 12.4. The number of hydrogen-bond donors (Lipinski definition) is 6. The fraction of sp³-hybridized carbons (Fsp3) is 0.818. The molecular weight excluding hydrogens is 835 g/mol. The van der Waals surface area contributed by atoms with Crippen molar-refractivity contribution in [3.8, 4) is 0 Å². The molecule has 384 valence electrons. The van der Waals surface area contributed by atoms with Crippen molar-refractivity contribution in [2.75, 3.05) is 19.8 Å². The van der Waals surface area contributed by atoms with Crippen LogP contribution in [0.1, 0.15) is 226 Å². The lowest BCUT2D eigenvalue weighted by Gasteiger charge is -2.40. The highest BCUT2D eigenvalue weighted by atomic mass is 16.7. The summed E-state index contributed by atoms with van der Waals surface area (Å²) in [4.78, 5) is 25.0. The SMILES string of the molecule is CCCCCCC/C=C/CC/C=C/CC/C=C/C(O)C(COC1OC(CO)C(O)C(O)C1O)NC(=O)CCCCCCC/C=C\CCCCCOC(=O)CCCCCCCCCCCCC. The second-order valence-corrected chi connectivity index (χ2v) is 18.6. The van der Waals surface area contributed by atoms with Gasteiger partial charge in [-0.15, -0.1) is 0 Å². The summed E-state index contributed by atoms with van der Waals surface area (Å²) in [7, 11) is 0. The minimum atomic E-state index is -1.59. The Morgan fingerprint density at radius 1 is 0.545 bits per heavy atom. The highest BCUT2D eigenvalue weighted by Crippen LogP contribution is 2.23. The Labute approximate surface area is 402 Å². The molecule has 11 nitrogen and oxygen atoms in total. The topological polar surface area (TPSA) is 175 Å². The lowest BCUT2D eigenvalue weighted by molar-refractivity contribution is -0.302. The molecule has 7 atom stereocenters. The van der Waals surface area contributed by atoms with Gasteiger partial charge < -0.3 is 45.1 Å². The molecule has 1 aliphatic heterocycles. The van der Waals surface area contributed by atoms with E-state index in [2.05, 4.69) is 55.6 Å². The number of aliphatic hydroxyl groups is 5. The summed E-state index contributed by atoms with van der Waals surface area (Å²) in [5.41, 5.74) is 0. The van der Waals surface area contributed by atoms with E-state index in [-0.39, 0.29) is 18.5 Å².